The molecule has 0 radical (unpaired) electrons. The number of anilines is 3. The van der Waals surface area contributed by atoms with Crippen molar-refractivity contribution in [2.24, 2.45) is 9.98 Å². The summed E-state index contributed by atoms with van der Waals surface area (Å²) in [6.07, 6.45) is 10.7. The van der Waals surface area contributed by atoms with Gasteiger partial charge in [0.15, 0.2) is 11.4 Å². The van der Waals surface area contributed by atoms with Crippen LogP contribution in [0.15, 0.2) is 94.6 Å². The number of fused-ring (bicyclic) bond motifs is 6. The summed E-state index contributed by atoms with van der Waals surface area (Å²) in [6.45, 7) is 14.0. The lowest BCUT2D eigenvalue weighted by Crippen LogP contribution is -2.54. The molecule has 70 heavy (non-hydrogen) atoms. The monoisotopic (exact) mass is 996 g/mol. The van der Waals surface area contributed by atoms with E-state index in [-0.39, 0.29) is 44.3 Å². The first-order chi connectivity index (χ1) is 33.8. The number of nitrogens with one attached hydrogen (secondary N) is 2. The van der Waals surface area contributed by atoms with Crippen LogP contribution >= 0.6 is 21.6 Å². The van der Waals surface area contributed by atoms with Crippen LogP contribution in [0.3, 0.4) is 0 Å². The number of hydrogen-bond acceptors (Lipinski definition) is 16. The van der Waals surface area contributed by atoms with Crippen molar-refractivity contribution in [3.8, 4) is 0 Å². The SMILES string of the molecule is CC1(C)c2cc(C(=O)NCCSSCCNC(=O)c3ccc4c(c3)C(C)(C)C3(C=Nc5ccc(N(CCO)CCO)cc5)OCCN43)ccc2N2CCOC21C=NC1=CCC(N(CCO)CCO)C=C1. The molecule has 16 nitrogen and oxygen atoms in total. The molecule has 2 amide bonds. The second-order valence-electron chi connectivity index (χ2n) is 19.0. The lowest BCUT2D eigenvalue weighted by atomic mass is 9.77. The number of allylic oxidation sites excluding steroid dienone is 1. The number of carbonyl (C=O) groups is 2. The molecule has 8 rings (SSSR count). The van der Waals surface area contributed by atoms with Crippen LogP contribution in [0.2, 0.25) is 0 Å². The minimum absolute atomic E-state index is 0.00636. The molecule has 18 heteroatoms. The minimum Gasteiger partial charge on any atom is -0.395 e. The maximum atomic E-state index is 13.4. The molecule has 0 spiro atoms. The predicted molar refractivity (Wildman–Crippen MR) is 281 cm³/mol. The highest BCUT2D eigenvalue weighted by molar-refractivity contribution is 8.76. The Morgan fingerprint density at radius 2 is 1.21 bits per heavy atom. The largest absolute Gasteiger partial charge is 0.395 e. The fourth-order valence-corrected chi connectivity index (χ4v) is 12.4. The molecular formula is C52H68N8O8S2. The third kappa shape index (κ3) is 10.0. The highest BCUT2D eigenvalue weighted by Gasteiger charge is 2.61. The molecule has 5 aliphatic rings. The van der Waals surface area contributed by atoms with Crippen molar-refractivity contribution in [2.45, 2.75) is 62.4 Å². The number of nitrogens with zero attached hydrogens (tertiary/aromatic N) is 6. The van der Waals surface area contributed by atoms with E-state index in [0.29, 0.717) is 88.2 Å². The summed E-state index contributed by atoms with van der Waals surface area (Å²) >= 11 is 0. The zero-order valence-corrected chi connectivity index (χ0v) is 42.3. The summed E-state index contributed by atoms with van der Waals surface area (Å²) in [7, 11) is 3.31. The van der Waals surface area contributed by atoms with E-state index in [4.69, 9.17) is 19.5 Å². The molecule has 2 saturated heterocycles. The van der Waals surface area contributed by atoms with E-state index in [0.717, 1.165) is 46.0 Å². The third-order valence-corrected chi connectivity index (χ3v) is 16.8. The molecule has 2 fully saturated rings. The van der Waals surface area contributed by atoms with E-state index in [1.54, 1.807) is 21.6 Å². The Balaban J connectivity index is 0.790. The Bertz CT molecular complexity index is 2460. The van der Waals surface area contributed by atoms with E-state index in [1.807, 2.05) is 84.1 Å². The average Bonchev–Trinajstić information content (AvgIpc) is 4.09. The molecule has 6 N–H and O–H groups in total. The fourth-order valence-electron chi connectivity index (χ4n) is 10.5. The van der Waals surface area contributed by atoms with Gasteiger partial charge in [-0.05, 0) is 84.3 Å². The normalized spacial score (nSPS) is 22.7. The summed E-state index contributed by atoms with van der Waals surface area (Å²) < 4.78 is 13.0. The van der Waals surface area contributed by atoms with Gasteiger partial charge in [0, 0.05) is 109 Å². The van der Waals surface area contributed by atoms with E-state index in [1.165, 1.54) is 0 Å². The standard InChI is InChI=1S/C52H68N8O8S2/c1-49(2)43-33-37(5-15-45(43)59-23-29-67-51(49,59)35-55-39-7-11-41(12-8-39)57(19-25-61)20-26-62)47(65)53-17-31-69-70-32-18-54-48(66)38-6-16-46-44(34-38)50(3,4)52(60(46)24-30-68-52)36-56-40-9-13-42(14-10-40)58(21-27-63)22-28-64/h5-13,15-16,33-36,42,61-64H,14,17-32H2,1-4H3,(H,53,65)(H,54,66). The van der Waals surface area contributed by atoms with Crippen LogP contribution in [0.25, 0.3) is 0 Å². The summed E-state index contributed by atoms with van der Waals surface area (Å²) in [5, 5.41) is 44.0. The van der Waals surface area contributed by atoms with Crippen LogP contribution in [-0.2, 0) is 20.3 Å². The van der Waals surface area contributed by atoms with Crippen LogP contribution in [0, 0.1) is 0 Å². The van der Waals surface area contributed by atoms with Crippen LogP contribution in [0.4, 0.5) is 22.7 Å². The van der Waals surface area contributed by atoms with Gasteiger partial charge >= 0.3 is 0 Å². The number of hydrogen-bond donors (Lipinski definition) is 6. The number of ether oxygens (including phenoxy) is 2. The van der Waals surface area contributed by atoms with Gasteiger partial charge in [0.2, 0.25) is 0 Å². The Hall–Kier alpha value is -4.76. The molecule has 1 aliphatic carbocycles. The van der Waals surface area contributed by atoms with Crippen molar-refractivity contribution in [2.75, 3.05) is 118 Å². The number of aliphatic hydroxyl groups is 4. The van der Waals surface area contributed by atoms with Gasteiger partial charge in [-0.3, -0.25) is 24.5 Å². The first-order valence-corrected chi connectivity index (χ1v) is 26.8. The van der Waals surface area contributed by atoms with Crippen LogP contribution in [0.1, 0.15) is 66.0 Å². The number of benzene rings is 3. The van der Waals surface area contributed by atoms with E-state index >= 15 is 0 Å². The Morgan fingerprint density at radius 3 is 1.69 bits per heavy atom. The highest BCUT2D eigenvalue weighted by atomic mass is 33.1. The molecule has 0 bridgehead atoms. The first kappa shape index (κ1) is 51.6. The van der Waals surface area contributed by atoms with E-state index in [9.17, 15) is 30.0 Å². The van der Waals surface area contributed by atoms with Gasteiger partial charge < -0.3 is 55.2 Å². The number of carbonyl (C=O) groups excluding carboxylic acids is 2. The van der Waals surface area contributed by atoms with E-state index < -0.39 is 22.3 Å². The molecule has 3 aromatic rings. The van der Waals surface area contributed by atoms with Crippen molar-refractivity contribution in [1.29, 1.82) is 0 Å². The lowest BCUT2D eigenvalue weighted by molar-refractivity contribution is 0.0205. The van der Waals surface area contributed by atoms with Gasteiger partial charge in [-0.15, -0.1) is 0 Å². The molecule has 3 aromatic carbocycles. The Labute approximate surface area is 419 Å². The zero-order chi connectivity index (χ0) is 49.5. The number of amides is 2. The van der Waals surface area contributed by atoms with Gasteiger partial charge in [0.25, 0.3) is 11.8 Å². The molecule has 376 valence electrons. The maximum Gasteiger partial charge on any atom is 0.251 e. The quantitative estimate of drug-likeness (QED) is 0.0437. The second kappa shape index (κ2) is 22.3. The highest BCUT2D eigenvalue weighted by Crippen LogP contribution is 2.55. The average molecular weight is 997 g/mol. The summed E-state index contributed by atoms with van der Waals surface area (Å²) in [6, 6.07) is 19.5. The second-order valence-corrected chi connectivity index (χ2v) is 21.7. The topological polar surface area (TPSA) is 195 Å². The molecule has 3 atom stereocenters. The number of rotatable bonds is 23. The first-order valence-electron chi connectivity index (χ1n) is 24.3. The fraction of sp³-hybridized carbons (Fsp3) is 0.500. The van der Waals surface area contributed by atoms with Crippen molar-refractivity contribution >= 4 is 68.6 Å². The summed E-state index contributed by atoms with van der Waals surface area (Å²) in [5.41, 5.74) is 5.12. The van der Waals surface area contributed by atoms with Gasteiger partial charge in [0.05, 0.1) is 63.5 Å². The molecule has 3 unspecified atom stereocenters. The Kier molecular flexibility index (Phi) is 16.5. The minimum atomic E-state index is -0.827. The maximum absolute atomic E-state index is 13.4. The van der Waals surface area contributed by atoms with Crippen molar-refractivity contribution in [1.82, 2.24) is 15.5 Å². The number of aliphatic hydroxyl groups excluding tert-OH is 4. The summed E-state index contributed by atoms with van der Waals surface area (Å²) in [5.74, 6) is 1.14. The van der Waals surface area contributed by atoms with Gasteiger partial charge in [-0.2, -0.15) is 0 Å². The molecule has 0 aromatic heterocycles. The molecule has 4 aliphatic heterocycles. The predicted octanol–water partition coefficient (Wildman–Crippen LogP) is 4.64. The Morgan fingerprint density at radius 1 is 0.714 bits per heavy atom. The van der Waals surface area contributed by atoms with Crippen LogP contribution in [-0.4, -0.2) is 171 Å². The third-order valence-electron chi connectivity index (χ3n) is 14.4. The lowest BCUT2D eigenvalue weighted by Gasteiger charge is -2.39. The van der Waals surface area contributed by atoms with E-state index in [2.05, 4.69) is 65.2 Å². The van der Waals surface area contributed by atoms with Crippen molar-refractivity contribution in [3.63, 3.8) is 0 Å². The summed E-state index contributed by atoms with van der Waals surface area (Å²) in [4.78, 5) is 45.1. The number of aliphatic imine (C=N–C) groups is 2. The molecular weight excluding hydrogens is 929 g/mol. The van der Waals surface area contributed by atoms with Gasteiger partial charge in [-0.1, -0.05) is 61.4 Å². The van der Waals surface area contributed by atoms with Gasteiger partial charge in [-0.25, -0.2) is 0 Å². The van der Waals surface area contributed by atoms with Crippen LogP contribution < -0.4 is 25.3 Å². The smallest absolute Gasteiger partial charge is 0.251 e. The molecule has 4 heterocycles. The molecule has 0 saturated carbocycles. The van der Waals surface area contributed by atoms with Crippen molar-refractivity contribution < 1.29 is 39.5 Å². The van der Waals surface area contributed by atoms with Crippen LogP contribution in [0.5, 0.6) is 0 Å². The van der Waals surface area contributed by atoms with Gasteiger partial charge in [0.1, 0.15) is 0 Å². The van der Waals surface area contributed by atoms with Crippen molar-refractivity contribution in [3.05, 3.63) is 107 Å². The zero-order valence-electron chi connectivity index (χ0n) is 40.7.